The second-order valence-corrected chi connectivity index (χ2v) is 14.0. The number of aromatic nitrogens is 1. The van der Waals surface area contributed by atoms with Crippen molar-refractivity contribution in [3.05, 3.63) is 80.2 Å². The van der Waals surface area contributed by atoms with Gasteiger partial charge in [0.15, 0.2) is 0 Å². The molecule has 50 heavy (non-hydrogen) atoms. The molecule has 3 fully saturated rings. The molecule has 13 heteroatoms. The molecule has 3 saturated heterocycles. The van der Waals surface area contributed by atoms with E-state index in [4.69, 9.17) is 16.3 Å². The van der Waals surface area contributed by atoms with E-state index < -0.39 is 17.9 Å². The molecule has 1 aromatic heterocycles. The summed E-state index contributed by atoms with van der Waals surface area (Å²) in [5, 5.41) is 5.63. The topological polar surface area (TPSA) is 113 Å². The lowest BCUT2D eigenvalue weighted by molar-refractivity contribution is -0.133. The van der Waals surface area contributed by atoms with Crippen LogP contribution in [0.5, 0.6) is 5.75 Å². The SMILES string of the molecule is COc1cc(-c2cn(C)c(=O)c(C)c2C)cc(Cl)c1C(=O)N1CCC(N2CCC(c3ccc(NC4CCC(=O)NC4=O)cc3)C(F)(F)C2)CC1. The number of halogens is 3. The summed E-state index contributed by atoms with van der Waals surface area (Å²) in [7, 11) is 3.17. The largest absolute Gasteiger partial charge is 0.496 e. The molecule has 2 N–H and O–H groups in total. The van der Waals surface area contributed by atoms with Gasteiger partial charge in [-0.1, -0.05) is 23.7 Å². The number of likely N-dealkylation sites (tertiary alicyclic amines) is 2. The minimum atomic E-state index is -2.95. The van der Waals surface area contributed by atoms with Crippen molar-refractivity contribution in [2.75, 3.05) is 38.6 Å². The number of methoxy groups -OCH3 is 1. The van der Waals surface area contributed by atoms with Crippen molar-refractivity contribution in [1.82, 2.24) is 19.7 Å². The van der Waals surface area contributed by atoms with Crippen molar-refractivity contribution in [3.8, 4) is 16.9 Å². The molecule has 2 aromatic carbocycles. The fourth-order valence-corrected chi connectivity index (χ4v) is 7.79. The van der Waals surface area contributed by atoms with Crippen molar-refractivity contribution in [3.63, 3.8) is 0 Å². The Bertz CT molecular complexity index is 1870. The highest BCUT2D eigenvalue weighted by Gasteiger charge is 2.47. The molecule has 2 atom stereocenters. The van der Waals surface area contributed by atoms with E-state index in [2.05, 4.69) is 10.6 Å². The van der Waals surface area contributed by atoms with Gasteiger partial charge in [-0.15, -0.1) is 0 Å². The number of carbonyl (C=O) groups is 3. The first-order valence-electron chi connectivity index (χ1n) is 16.9. The van der Waals surface area contributed by atoms with Crippen LogP contribution in [-0.2, 0) is 16.6 Å². The van der Waals surface area contributed by atoms with Gasteiger partial charge in [-0.05, 0) is 87.0 Å². The summed E-state index contributed by atoms with van der Waals surface area (Å²) in [6, 6.07) is 9.62. The maximum atomic E-state index is 15.7. The summed E-state index contributed by atoms with van der Waals surface area (Å²) in [6.07, 6.45) is 3.78. The number of nitrogens with one attached hydrogen (secondary N) is 2. The van der Waals surface area contributed by atoms with Gasteiger partial charge < -0.3 is 19.5 Å². The third-order valence-electron chi connectivity index (χ3n) is 10.5. The Balaban J connectivity index is 1.07. The van der Waals surface area contributed by atoms with Crippen LogP contribution in [0.1, 0.15) is 65.1 Å². The average molecular weight is 710 g/mol. The molecule has 3 aliphatic rings. The number of carbonyl (C=O) groups excluding carboxylic acids is 3. The molecule has 0 radical (unpaired) electrons. The summed E-state index contributed by atoms with van der Waals surface area (Å²) in [5.74, 6) is -4.52. The van der Waals surface area contributed by atoms with E-state index in [-0.39, 0.29) is 52.9 Å². The van der Waals surface area contributed by atoms with Crippen LogP contribution in [0.2, 0.25) is 5.02 Å². The van der Waals surface area contributed by atoms with Crippen molar-refractivity contribution >= 4 is 35.0 Å². The molecule has 6 rings (SSSR count). The molecule has 0 saturated carbocycles. The maximum absolute atomic E-state index is 15.7. The van der Waals surface area contributed by atoms with Crippen molar-refractivity contribution in [2.45, 2.75) is 69.9 Å². The van der Waals surface area contributed by atoms with E-state index >= 15 is 8.78 Å². The molecule has 0 bridgehead atoms. The quantitative estimate of drug-likeness (QED) is 0.321. The van der Waals surface area contributed by atoms with E-state index in [1.807, 2.05) is 11.8 Å². The summed E-state index contributed by atoms with van der Waals surface area (Å²) >= 11 is 6.73. The van der Waals surface area contributed by atoms with Crippen LogP contribution < -0.4 is 20.9 Å². The fourth-order valence-electron chi connectivity index (χ4n) is 7.50. The number of amides is 3. The minimum Gasteiger partial charge on any atom is -0.496 e. The number of rotatable bonds is 7. The first-order chi connectivity index (χ1) is 23.8. The lowest BCUT2D eigenvalue weighted by Crippen LogP contribution is -2.54. The molecule has 10 nitrogen and oxygen atoms in total. The number of anilines is 1. The standard InChI is InChI=1S/C37H42ClF2N5O5/c1-21-22(2)35(48)43(3)19-27(21)24-17-29(38)33(31(18-24)50-4)36(49)44-14-11-26(12-15-44)45-16-13-28(37(39,40)20-45)23-5-7-25(8-6-23)41-30-9-10-32(46)42-34(30)47/h5-8,17-19,26,28,30,41H,9-16,20H2,1-4H3,(H,42,46,47). The van der Waals surface area contributed by atoms with Gasteiger partial charge in [0, 0.05) is 55.6 Å². The lowest BCUT2D eigenvalue weighted by atomic mass is 9.85. The van der Waals surface area contributed by atoms with Crippen LogP contribution in [0.15, 0.2) is 47.4 Å². The first-order valence-corrected chi connectivity index (χ1v) is 17.3. The molecule has 266 valence electrons. The third-order valence-corrected chi connectivity index (χ3v) is 10.8. The van der Waals surface area contributed by atoms with Gasteiger partial charge >= 0.3 is 0 Å². The molecule has 0 aliphatic carbocycles. The molecule has 3 amide bonds. The Morgan fingerprint density at radius 2 is 1.70 bits per heavy atom. The van der Waals surface area contributed by atoms with E-state index in [1.54, 1.807) is 61.5 Å². The Hall–Kier alpha value is -4.29. The third kappa shape index (κ3) is 7.00. The molecule has 4 heterocycles. The Morgan fingerprint density at radius 1 is 1.00 bits per heavy atom. The van der Waals surface area contributed by atoms with Gasteiger partial charge in [-0.2, -0.15) is 0 Å². The molecular formula is C37H42ClF2N5O5. The number of ether oxygens (including phenoxy) is 1. The lowest BCUT2D eigenvalue weighted by Gasteiger charge is -2.45. The van der Waals surface area contributed by atoms with Crippen LogP contribution >= 0.6 is 11.6 Å². The Morgan fingerprint density at radius 3 is 2.34 bits per heavy atom. The van der Waals surface area contributed by atoms with Gasteiger partial charge in [0.1, 0.15) is 17.4 Å². The number of alkyl halides is 2. The fraction of sp³-hybridized carbons (Fsp3) is 0.459. The predicted octanol–water partition coefficient (Wildman–Crippen LogP) is 5.28. The van der Waals surface area contributed by atoms with Crippen LogP contribution in [0.3, 0.4) is 0 Å². The highest BCUT2D eigenvalue weighted by atomic mass is 35.5. The highest BCUT2D eigenvalue weighted by molar-refractivity contribution is 6.34. The van der Waals surface area contributed by atoms with E-state index in [9.17, 15) is 19.2 Å². The van der Waals surface area contributed by atoms with E-state index in [1.165, 1.54) is 11.7 Å². The molecule has 3 aromatic rings. The van der Waals surface area contributed by atoms with Crippen molar-refractivity contribution < 1.29 is 27.9 Å². The minimum absolute atomic E-state index is 0.0818. The van der Waals surface area contributed by atoms with Gasteiger partial charge in [-0.25, -0.2) is 8.78 Å². The maximum Gasteiger partial charge on any atom is 0.267 e. The van der Waals surface area contributed by atoms with E-state index in [0.29, 0.717) is 67.9 Å². The Labute approximate surface area is 294 Å². The number of hydrogen-bond donors (Lipinski definition) is 2. The van der Waals surface area contributed by atoms with Crippen molar-refractivity contribution in [1.29, 1.82) is 0 Å². The molecule has 2 unspecified atom stereocenters. The monoisotopic (exact) mass is 709 g/mol. The number of imide groups is 1. The molecule has 0 spiro atoms. The normalized spacial score (nSPS) is 21.5. The van der Waals surface area contributed by atoms with E-state index in [0.717, 1.165) is 16.7 Å². The van der Waals surface area contributed by atoms with Gasteiger partial charge in [0.25, 0.3) is 17.4 Å². The second kappa shape index (κ2) is 14.1. The summed E-state index contributed by atoms with van der Waals surface area (Å²) in [5.41, 5.74) is 4.32. The summed E-state index contributed by atoms with van der Waals surface area (Å²) in [6.45, 7) is 4.60. The van der Waals surface area contributed by atoms with Crippen LogP contribution in [0.25, 0.3) is 11.1 Å². The molecule has 3 aliphatic heterocycles. The number of hydrogen-bond acceptors (Lipinski definition) is 7. The predicted molar refractivity (Wildman–Crippen MR) is 187 cm³/mol. The Kier molecular flexibility index (Phi) is 10.1. The van der Waals surface area contributed by atoms with Gasteiger partial charge in [-0.3, -0.25) is 29.4 Å². The van der Waals surface area contributed by atoms with Crippen LogP contribution in [0, 0.1) is 13.8 Å². The summed E-state index contributed by atoms with van der Waals surface area (Å²) in [4.78, 5) is 53.2. The number of benzene rings is 2. The second-order valence-electron chi connectivity index (χ2n) is 13.6. The zero-order valence-electron chi connectivity index (χ0n) is 28.7. The van der Waals surface area contributed by atoms with Crippen LogP contribution in [-0.4, -0.2) is 83.4 Å². The summed E-state index contributed by atoms with van der Waals surface area (Å²) < 4.78 is 38.5. The zero-order chi connectivity index (χ0) is 35.9. The van der Waals surface area contributed by atoms with Crippen LogP contribution in [0.4, 0.5) is 14.5 Å². The van der Waals surface area contributed by atoms with Gasteiger partial charge in [0.05, 0.1) is 24.6 Å². The number of pyridine rings is 1. The molecular weight excluding hydrogens is 668 g/mol. The average Bonchev–Trinajstić information content (AvgIpc) is 3.09. The zero-order valence-corrected chi connectivity index (χ0v) is 29.4. The number of nitrogens with zero attached hydrogens (tertiary/aromatic N) is 3. The number of piperidine rings is 3. The van der Waals surface area contributed by atoms with Crippen molar-refractivity contribution in [2.24, 2.45) is 7.05 Å². The smallest absolute Gasteiger partial charge is 0.267 e. The van der Waals surface area contributed by atoms with Gasteiger partial charge in [0.2, 0.25) is 11.8 Å². The first kappa shape index (κ1) is 35.5. The number of aryl methyl sites for hydroxylation is 1. The highest BCUT2D eigenvalue weighted by Crippen LogP contribution is 2.42.